The molecule has 5 heterocycles. The number of rotatable bonds is 7. The Labute approximate surface area is 282 Å². The predicted octanol–water partition coefficient (Wildman–Crippen LogP) is 8.19. The SMILES string of the molecule is C#C/C(=C(/C)F)c1c(C)cc(N)cc1-c1nc2c3c(nc(OC)nc3c1F)N(C/C=C\CCC)CO2.CC.CC12CCCN1CC(F)C2. The normalized spacial score (nSPS) is 20.3. The van der Waals surface area contributed by atoms with Gasteiger partial charge in [0.1, 0.15) is 28.6 Å². The van der Waals surface area contributed by atoms with Crippen molar-refractivity contribution in [3.8, 4) is 35.5 Å². The predicted molar refractivity (Wildman–Crippen MR) is 188 cm³/mol. The van der Waals surface area contributed by atoms with Crippen LogP contribution in [-0.2, 0) is 0 Å². The number of ether oxygens (including phenoxy) is 2. The summed E-state index contributed by atoms with van der Waals surface area (Å²) in [5.74, 6) is 1.65. The first-order chi connectivity index (χ1) is 23.0. The van der Waals surface area contributed by atoms with Crippen LogP contribution in [0.1, 0.15) is 77.8 Å². The molecule has 0 amide bonds. The molecule has 3 aliphatic rings. The number of alkyl halides is 1. The lowest BCUT2D eigenvalue weighted by Gasteiger charge is -2.29. The van der Waals surface area contributed by atoms with E-state index in [1.54, 1.807) is 13.0 Å². The highest BCUT2D eigenvalue weighted by molar-refractivity contribution is 5.99. The summed E-state index contributed by atoms with van der Waals surface area (Å²) in [6.07, 6.45) is 14.4. The number of terminal acetylenes is 1. The number of fused-ring (bicyclic) bond motifs is 1. The van der Waals surface area contributed by atoms with Gasteiger partial charge in [0.05, 0.1) is 12.7 Å². The quantitative estimate of drug-likeness (QED) is 0.154. The first kappa shape index (κ1) is 36.5. The van der Waals surface area contributed by atoms with Crippen LogP contribution in [0.15, 0.2) is 30.1 Å². The number of methoxy groups -OCH3 is 1. The van der Waals surface area contributed by atoms with Crippen molar-refractivity contribution in [1.82, 2.24) is 19.9 Å². The number of pyridine rings is 1. The summed E-state index contributed by atoms with van der Waals surface area (Å²) in [7, 11) is 1.41. The highest BCUT2D eigenvalue weighted by atomic mass is 19.1. The van der Waals surface area contributed by atoms with Gasteiger partial charge < -0.3 is 20.1 Å². The van der Waals surface area contributed by atoms with Gasteiger partial charge in [0.15, 0.2) is 18.4 Å². The Morgan fingerprint density at radius 1 is 1.25 bits per heavy atom. The van der Waals surface area contributed by atoms with Crippen molar-refractivity contribution >= 4 is 28.0 Å². The summed E-state index contributed by atoms with van der Waals surface area (Å²) in [5.41, 5.74) is 7.65. The standard InChI is InChI=1S/C27H27F2N5O2.C8H14FN.C2H6/c1-6-8-9-10-11-34-14-36-26-21-24(32-27(35-5)33-25(21)34)22(29)23(31-26)19-13-17(30)12-15(3)20(19)18(7-2)16(4)28;1-8-3-2-4-10(8)6-7(9)5-8;1-2/h2,9-10,12-13H,6,8,11,14,30H2,1,3-5H3;7H,2-6H2,1H3;1-2H3/b10-9-,18-16+;;. The van der Waals surface area contributed by atoms with Gasteiger partial charge in [0.2, 0.25) is 5.88 Å². The van der Waals surface area contributed by atoms with Gasteiger partial charge in [-0.3, -0.25) is 4.90 Å². The van der Waals surface area contributed by atoms with Crippen LogP contribution in [0.2, 0.25) is 0 Å². The Bertz CT molecular complexity index is 1730. The molecule has 3 aliphatic heterocycles. The van der Waals surface area contributed by atoms with Crippen molar-refractivity contribution in [3.63, 3.8) is 0 Å². The van der Waals surface area contributed by atoms with Crippen molar-refractivity contribution in [2.75, 3.05) is 44.1 Å². The minimum Gasteiger partial charge on any atom is -0.467 e. The zero-order valence-corrected chi connectivity index (χ0v) is 29.1. The Hall–Kier alpha value is -4.30. The summed E-state index contributed by atoms with van der Waals surface area (Å²) < 4.78 is 54.6. The van der Waals surface area contributed by atoms with E-state index in [1.165, 1.54) is 32.9 Å². The van der Waals surface area contributed by atoms with Crippen LogP contribution in [-0.4, -0.2) is 65.0 Å². The monoisotopic (exact) mass is 664 g/mol. The number of anilines is 2. The summed E-state index contributed by atoms with van der Waals surface area (Å²) in [6.45, 7) is 13.7. The lowest BCUT2D eigenvalue weighted by Crippen LogP contribution is -2.34. The first-order valence-electron chi connectivity index (χ1n) is 16.6. The Balaban J connectivity index is 0.000000363. The van der Waals surface area contributed by atoms with Gasteiger partial charge in [-0.25, -0.2) is 18.2 Å². The zero-order chi connectivity index (χ0) is 35.2. The second kappa shape index (κ2) is 15.7. The molecule has 6 rings (SSSR count). The second-order valence-electron chi connectivity index (χ2n) is 12.3. The third kappa shape index (κ3) is 7.39. The number of hydrogen-bond donors (Lipinski definition) is 1. The number of nitrogens with zero attached hydrogens (tertiary/aromatic N) is 5. The molecule has 3 aromatic rings. The van der Waals surface area contributed by atoms with Crippen LogP contribution in [0.5, 0.6) is 11.9 Å². The maximum absolute atomic E-state index is 16.2. The van der Waals surface area contributed by atoms with Crippen LogP contribution < -0.4 is 20.1 Å². The van der Waals surface area contributed by atoms with Gasteiger partial charge in [-0.05, 0) is 70.7 Å². The minimum absolute atomic E-state index is 0.00303. The first-order valence-corrected chi connectivity index (χ1v) is 16.6. The smallest absolute Gasteiger partial charge is 0.318 e. The van der Waals surface area contributed by atoms with E-state index in [2.05, 4.69) is 45.7 Å². The number of benzene rings is 1. The molecule has 8 nitrogen and oxygen atoms in total. The molecule has 11 heteroatoms. The molecule has 2 atom stereocenters. The molecule has 0 spiro atoms. The van der Waals surface area contributed by atoms with E-state index in [0.717, 1.165) is 25.8 Å². The van der Waals surface area contributed by atoms with E-state index in [1.807, 2.05) is 24.8 Å². The van der Waals surface area contributed by atoms with E-state index in [-0.39, 0.29) is 46.5 Å². The summed E-state index contributed by atoms with van der Waals surface area (Å²) in [4.78, 5) is 17.4. The van der Waals surface area contributed by atoms with E-state index in [4.69, 9.17) is 21.6 Å². The topological polar surface area (TPSA) is 89.6 Å². The fraction of sp³-hybridized carbons (Fsp3) is 0.486. The lowest BCUT2D eigenvalue weighted by molar-refractivity contribution is 0.217. The summed E-state index contributed by atoms with van der Waals surface area (Å²) in [5, 5.41) is 0.323. The molecule has 2 N–H and O–H groups in total. The minimum atomic E-state index is -0.748. The number of hydrogen-bond acceptors (Lipinski definition) is 8. The van der Waals surface area contributed by atoms with Crippen LogP contribution in [0.25, 0.3) is 27.7 Å². The number of unbranched alkanes of at least 4 members (excludes halogenated alkanes) is 1. The Kier molecular flexibility index (Phi) is 12.0. The molecule has 0 aliphatic carbocycles. The van der Waals surface area contributed by atoms with Crippen molar-refractivity contribution in [1.29, 1.82) is 0 Å². The van der Waals surface area contributed by atoms with Crippen LogP contribution in [0.4, 0.5) is 24.7 Å². The Morgan fingerprint density at radius 2 is 2.00 bits per heavy atom. The van der Waals surface area contributed by atoms with E-state index in [0.29, 0.717) is 41.1 Å². The van der Waals surface area contributed by atoms with E-state index < -0.39 is 17.8 Å². The van der Waals surface area contributed by atoms with Crippen molar-refractivity contribution in [3.05, 3.63) is 47.1 Å². The summed E-state index contributed by atoms with van der Waals surface area (Å²) in [6, 6.07) is 3.16. The maximum atomic E-state index is 16.2. The van der Waals surface area contributed by atoms with Crippen molar-refractivity contribution in [2.24, 2.45) is 0 Å². The fourth-order valence-electron chi connectivity index (χ4n) is 6.61. The second-order valence-corrected chi connectivity index (χ2v) is 12.3. The maximum Gasteiger partial charge on any atom is 0.318 e. The largest absolute Gasteiger partial charge is 0.467 e. The number of halogens is 3. The highest BCUT2D eigenvalue weighted by Crippen LogP contribution is 2.43. The van der Waals surface area contributed by atoms with E-state index in [9.17, 15) is 8.78 Å². The molecule has 0 radical (unpaired) electrons. The molecule has 0 saturated carbocycles. The van der Waals surface area contributed by atoms with Gasteiger partial charge in [0, 0.05) is 35.4 Å². The van der Waals surface area contributed by atoms with Crippen LogP contribution in [0.3, 0.4) is 0 Å². The van der Waals surface area contributed by atoms with Gasteiger partial charge in [-0.1, -0.05) is 45.3 Å². The average molecular weight is 665 g/mol. The number of nitrogens with two attached hydrogens (primary N) is 1. The highest BCUT2D eigenvalue weighted by Gasteiger charge is 2.44. The van der Waals surface area contributed by atoms with Crippen LogP contribution >= 0.6 is 0 Å². The fourth-order valence-corrected chi connectivity index (χ4v) is 6.61. The van der Waals surface area contributed by atoms with Gasteiger partial charge in [-0.2, -0.15) is 9.97 Å². The molecular weight excluding hydrogens is 617 g/mol. The average Bonchev–Trinajstić information content (AvgIpc) is 3.56. The van der Waals surface area contributed by atoms with Crippen molar-refractivity contribution < 1.29 is 22.6 Å². The molecule has 258 valence electrons. The van der Waals surface area contributed by atoms with Gasteiger partial charge in [-0.15, -0.1) is 6.42 Å². The van der Waals surface area contributed by atoms with E-state index >= 15 is 4.39 Å². The lowest BCUT2D eigenvalue weighted by atomic mass is 9.91. The molecule has 2 unspecified atom stereocenters. The van der Waals surface area contributed by atoms with Gasteiger partial charge >= 0.3 is 6.01 Å². The molecule has 0 bridgehead atoms. The number of nitrogen functional groups attached to an aromatic ring is 1. The number of aryl methyl sites for hydroxylation is 1. The molecule has 2 saturated heterocycles. The third-order valence-corrected chi connectivity index (χ3v) is 8.84. The van der Waals surface area contributed by atoms with Gasteiger partial charge in [0.25, 0.3) is 0 Å². The number of aromatic nitrogens is 3. The third-order valence-electron chi connectivity index (χ3n) is 8.84. The molecule has 1 aromatic carbocycles. The molecule has 2 fully saturated rings. The zero-order valence-electron chi connectivity index (χ0n) is 29.1. The summed E-state index contributed by atoms with van der Waals surface area (Å²) >= 11 is 0. The van der Waals surface area contributed by atoms with Crippen LogP contribution in [0, 0.1) is 25.1 Å². The van der Waals surface area contributed by atoms with Crippen molar-refractivity contribution in [2.45, 2.75) is 85.4 Å². The molecular formula is C37H47F3N6O2. The molecule has 2 aromatic heterocycles. The Morgan fingerprint density at radius 3 is 2.65 bits per heavy atom. The number of allylic oxidation sites excluding steroid dienone is 3. The molecule has 48 heavy (non-hydrogen) atoms.